The number of methoxy groups -OCH3 is 1. The number of hydrogen-bond acceptors (Lipinski definition) is 6. The Hall–Kier alpha value is -3.66. The zero-order chi connectivity index (χ0) is 23.8. The first-order valence-corrected chi connectivity index (χ1v) is 11.4. The van der Waals surface area contributed by atoms with E-state index in [9.17, 15) is 9.59 Å². The van der Waals surface area contributed by atoms with Gasteiger partial charge in [-0.05, 0) is 48.2 Å². The molecule has 2 aromatic rings. The third-order valence-electron chi connectivity index (χ3n) is 6.74. The Morgan fingerprint density at radius 1 is 1.00 bits per heavy atom. The predicted molar refractivity (Wildman–Crippen MR) is 134 cm³/mol. The largest absolute Gasteiger partial charge is 0.497 e. The van der Waals surface area contributed by atoms with Crippen LogP contribution in [0.4, 0.5) is 5.82 Å². The molecule has 0 bridgehead atoms. The number of H-pyrrole nitrogens is 2. The Balaban J connectivity index is 1.66. The maximum Gasteiger partial charge on any atom is 0.327 e. The number of ether oxygens (including phenoxy) is 1. The highest BCUT2D eigenvalue weighted by Gasteiger charge is 2.47. The Kier molecular flexibility index (Phi) is 4.41. The number of benzene rings is 1. The van der Waals surface area contributed by atoms with Crippen LogP contribution in [0.5, 0.6) is 5.75 Å². The zero-order valence-corrected chi connectivity index (χ0v) is 19.7. The summed E-state index contributed by atoms with van der Waals surface area (Å²) >= 11 is 5.51. The molecule has 0 radical (unpaired) electrons. The molecule has 172 valence electrons. The molecule has 1 aromatic heterocycles. The van der Waals surface area contributed by atoms with Crippen molar-refractivity contribution in [1.82, 2.24) is 15.3 Å². The van der Waals surface area contributed by atoms with E-state index in [0.717, 1.165) is 41.1 Å². The molecule has 4 heterocycles. The minimum absolute atomic E-state index is 0.0162. The van der Waals surface area contributed by atoms with E-state index in [1.165, 1.54) is 0 Å². The highest BCUT2D eigenvalue weighted by molar-refractivity contribution is 7.80. The van der Waals surface area contributed by atoms with Crippen LogP contribution < -0.4 is 21.3 Å². The van der Waals surface area contributed by atoms with Crippen LogP contribution >= 0.6 is 12.2 Å². The number of thiocarbonyl (C=S) groups is 1. The Morgan fingerprint density at radius 2 is 1.71 bits per heavy atom. The summed E-state index contributed by atoms with van der Waals surface area (Å²) in [7, 11) is 1.60. The molecule has 2 unspecified atom stereocenters. The van der Waals surface area contributed by atoms with Crippen molar-refractivity contribution in [2.45, 2.75) is 32.6 Å². The van der Waals surface area contributed by atoms with E-state index >= 15 is 0 Å². The fraction of sp³-hybridized carbons (Fsp3) is 0.333. The fourth-order valence-electron chi connectivity index (χ4n) is 5.46. The number of amidine groups is 1. The van der Waals surface area contributed by atoms with Crippen molar-refractivity contribution >= 4 is 40.4 Å². The Labute approximate surface area is 199 Å². The molecule has 1 aromatic carbocycles. The molecule has 0 spiro atoms. The third kappa shape index (κ3) is 3.12. The van der Waals surface area contributed by atoms with Gasteiger partial charge in [-0.25, -0.2) is 19.8 Å². The fourth-order valence-corrected chi connectivity index (χ4v) is 5.68. The number of aliphatic imine (C=N–C) groups is 3. The number of nitrogens with one attached hydrogen (secondary N) is 3. The molecule has 3 N–H and O–H groups in total. The second kappa shape index (κ2) is 7.17. The third-order valence-corrected chi connectivity index (χ3v) is 6.94. The van der Waals surface area contributed by atoms with Crippen molar-refractivity contribution in [2.75, 3.05) is 7.11 Å². The number of hydrogen-bond donors (Lipinski definition) is 3. The van der Waals surface area contributed by atoms with Crippen LogP contribution in [0, 0.1) is 11.3 Å². The lowest BCUT2D eigenvalue weighted by Crippen LogP contribution is -2.50. The van der Waals surface area contributed by atoms with Gasteiger partial charge < -0.3 is 10.1 Å². The van der Waals surface area contributed by atoms with Gasteiger partial charge in [0.1, 0.15) is 11.6 Å². The van der Waals surface area contributed by atoms with E-state index in [1.807, 2.05) is 24.3 Å². The lowest BCUT2D eigenvalue weighted by atomic mass is 9.66. The van der Waals surface area contributed by atoms with Crippen LogP contribution in [0.25, 0.3) is 0 Å². The first kappa shape index (κ1) is 20.9. The summed E-state index contributed by atoms with van der Waals surface area (Å²) in [6.45, 7) is 4.38. The first-order chi connectivity index (χ1) is 16.2. The van der Waals surface area contributed by atoms with E-state index in [1.54, 1.807) is 7.11 Å². The average Bonchev–Trinajstić information content (AvgIpc) is 2.76. The van der Waals surface area contributed by atoms with Crippen molar-refractivity contribution in [2.24, 2.45) is 26.3 Å². The molecule has 34 heavy (non-hydrogen) atoms. The number of aromatic amines is 2. The van der Waals surface area contributed by atoms with E-state index in [0.29, 0.717) is 22.3 Å². The highest BCUT2D eigenvalue weighted by atomic mass is 32.1. The predicted octanol–water partition coefficient (Wildman–Crippen LogP) is 2.72. The summed E-state index contributed by atoms with van der Waals surface area (Å²) in [5.41, 5.74) is 3.69. The summed E-state index contributed by atoms with van der Waals surface area (Å²) in [6.07, 6.45) is 1.59. The number of allylic oxidation sites excluding steroid dienone is 1. The molecular weight excluding hydrogens is 452 g/mol. The van der Waals surface area contributed by atoms with E-state index in [4.69, 9.17) is 21.9 Å². The van der Waals surface area contributed by atoms with Gasteiger partial charge in [0.2, 0.25) is 0 Å². The summed E-state index contributed by atoms with van der Waals surface area (Å²) in [4.78, 5) is 44.5. The van der Waals surface area contributed by atoms with Gasteiger partial charge in [0.15, 0.2) is 10.9 Å². The monoisotopic (exact) mass is 474 g/mol. The standard InChI is InChI=1S/C24H22N6O3S/c1-24(2)8-12-15-13(9-24)26-23(34)27-18(15)16-14(10-4-6-11(33-3)7-5-10)17-20(28-19(16)25-12)29-22(32)30-21(17)31/h4-7,14-15H,8-9H2,1-3H3,(H,27,34)(H2,29,30,31,32). The molecule has 1 fully saturated rings. The SMILES string of the molecule is COc1ccc(C2C3=C4NC(=S)N=C5CC(C)(C)CC(=NC3=Nc3[nH]c(=O)[nH]c(=O)c32)C54)cc1. The number of nitrogens with zero attached hydrogens (tertiary/aromatic N) is 3. The summed E-state index contributed by atoms with van der Waals surface area (Å²) < 4.78 is 5.32. The molecule has 2 atom stereocenters. The van der Waals surface area contributed by atoms with Crippen LogP contribution in [0.15, 0.2) is 60.1 Å². The molecule has 6 rings (SSSR count). The van der Waals surface area contributed by atoms with Gasteiger partial charge in [-0.3, -0.25) is 14.8 Å². The Bertz CT molecular complexity index is 1510. The molecule has 3 aliphatic heterocycles. The van der Waals surface area contributed by atoms with Gasteiger partial charge in [-0.2, -0.15) is 0 Å². The van der Waals surface area contributed by atoms with Crippen LogP contribution in [0.3, 0.4) is 0 Å². The molecule has 1 aliphatic carbocycles. The Morgan fingerprint density at radius 3 is 2.41 bits per heavy atom. The summed E-state index contributed by atoms with van der Waals surface area (Å²) in [5, 5.41) is 3.70. The van der Waals surface area contributed by atoms with Crippen LogP contribution in [0.2, 0.25) is 0 Å². The number of rotatable bonds is 2. The lowest BCUT2D eigenvalue weighted by molar-refractivity contribution is 0.380. The molecular formula is C24H22N6O3S. The quantitative estimate of drug-likeness (QED) is 0.578. The van der Waals surface area contributed by atoms with Crippen LogP contribution in [-0.2, 0) is 0 Å². The number of fused-ring (bicyclic) bond motifs is 2. The molecule has 1 saturated carbocycles. The smallest absolute Gasteiger partial charge is 0.327 e. The van der Waals surface area contributed by atoms with Gasteiger partial charge in [0.25, 0.3) is 5.56 Å². The second-order valence-corrected chi connectivity index (χ2v) is 10.1. The van der Waals surface area contributed by atoms with Gasteiger partial charge >= 0.3 is 5.69 Å². The van der Waals surface area contributed by atoms with Gasteiger partial charge in [0.05, 0.1) is 18.6 Å². The van der Waals surface area contributed by atoms with Gasteiger partial charge in [-0.15, -0.1) is 0 Å². The molecule has 9 nitrogen and oxygen atoms in total. The molecule has 0 saturated heterocycles. The van der Waals surface area contributed by atoms with Crippen molar-refractivity contribution in [3.05, 3.63) is 67.5 Å². The van der Waals surface area contributed by atoms with Gasteiger partial charge in [0, 0.05) is 28.6 Å². The molecule has 10 heteroatoms. The number of aromatic nitrogens is 2. The minimum Gasteiger partial charge on any atom is -0.497 e. The van der Waals surface area contributed by atoms with Crippen molar-refractivity contribution < 1.29 is 4.74 Å². The topological polar surface area (TPSA) is 124 Å². The minimum atomic E-state index is -0.607. The van der Waals surface area contributed by atoms with E-state index in [2.05, 4.69) is 39.1 Å². The van der Waals surface area contributed by atoms with E-state index in [-0.39, 0.29) is 17.2 Å². The van der Waals surface area contributed by atoms with E-state index < -0.39 is 17.2 Å². The lowest BCUT2D eigenvalue weighted by Gasteiger charge is -2.44. The van der Waals surface area contributed by atoms with Crippen molar-refractivity contribution in [1.29, 1.82) is 0 Å². The second-order valence-electron chi connectivity index (χ2n) is 9.73. The first-order valence-electron chi connectivity index (χ1n) is 11.0. The maximum atomic E-state index is 13.1. The van der Waals surface area contributed by atoms with Gasteiger partial charge in [-0.1, -0.05) is 26.0 Å². The molecule has 4 aliphatic rings. The normalized spacial score (nSPS) is 24.1. The van der Waals surface area contributed by atoms with Crippen LogP contribution in [-0.4, -0.2) is 39.4 Å². The van der Waals surface area contributed by atoms with Crippen molar-refractivity contribution in [3.63, 3.8) is 0 Å². The zero-order valence-electron chi connectivity index (χ0n) is 18.9. The number of dihydropyridines is 1. The summed E-state index contributed by atoms with van der Waals surface area (Å²) in [6, 6.07) is 7.51. The van der Waals surface area contributed by atoms with Crippen LogP contribution in [0.1, 0.15) is 43.7 Å². The van der Waals surface area contributed by atoms with Crippen molar-refractivity contribution in [3.8, 4) is 5.75 Å². The average molecular weight is 475 g/mol. The summed E-state index contributed by atoms with van der Waals surface area (Å²) in [5.74, 6) is 0.757. The maximum absolute atomic E-state index is 13.1. The molecule has 0 amide bonds. The highest BCUT2D eigenvalue weighted by Crippen LogP contribution is 2.47.